The molecule has 0 aliphatic carbocycles. The molecule has 0 atom stereocenters. The van der Waals surface area contributed by atoms with E-state index in [1.807, 2.05) is 0 Å². The molecule has 1 aliphatic rings. The first-order valence-corrected chi connectivity index (χ1v) is 6.98. The Morgan fingerprint density at radius 1 is 1.05 bits per heavy atom. The number of aromatic carboxylic acids is 1. The van der Waals surface area contributed by atoms with Crippen molar-refractivity contribution in [1.82, 2.24) is 4.90 Å². The second kappa shape index (κ2) is 5.97. The normalized spacial score (nSPS) is 13.9. The lowest BCUT2D eigenvalue weighted by Gasteiger charge is -2.15. The van der Waals surface area contributed by atoms with Gasteiger partial charge in [-0.1, -0.05) is 24.3 Å². The highest BCUT2D eigenvalue weighted by atomic mass is 16.5. The Labute approximate surface area is 123 Å². The predicted molar refractivity (Wildman–Crippen MR) is 79.5 cm³/mol. The van der Waals surface area contributed by atoms with Gasteiger partial charge in [-0.3, -0.25) is 4.90 Å². The first kappa shape index (κ1) is 13.6. The van der Waals surface area contributed by atoms with Crippen molar-refractivity contribution in [2.75, 3.05) is 13.2 Å². The number of carboxylic acids is 1. The minimum atomic E-state index is -0.920. The van der Waals surface area contributed by atoms with Crippen LogP contribution in [0.4, 0.5) is 0 Å². The molecule has 0 bridgehead atoms. The van der Waals surface area contributed by atoms with Gasteiger partial charge in [0.25, 0.3) is 0 Å². The van der Waals surface area contributed by atoms with Crippen molar-refractivity contribution in [3.63, 3.8) is 0 Å². The van der Waals surface area contributed by atoms with Gasteiger partial charge in [0.15, 0.2) is 0 Å². The van der Waals surface area contributed by atoms with Gasteiger partial charge in [-0.2, -0.15) is 0 Å². The summed E-state index contributed by atoms with van der Waals surface area (Å²) in [5, 5.41) is 8.83. The van der Waals surface area contributed by atoms with Crippen LogP contribution < -0.4 is 4.74 Å². The van der Waals surface area contributed by atoms with Crippen LogP contribution in [-0.2, 0) is 13.1 Å². The Morgan fingerprint density at radius 2 is 1.67 bits per heavy atom. The number of carbonyl (C=O) groups is 1. The molecule has 2 aromatic rings. The van der Waals surface area contributed by atoms with E-state index in [1.54, 1.807) is 24.3 Å². The van der Waals surface area contributed by atoms with Gasteiger partial charge in [0, 0.05) is 19.6 Å². The summed E-state index contributed by atoms with van der Waals surface area (Å²) in [5.74, 6) is -0.215. The first-order valence-electron chi connectivity index (χ1n) is 6.98. The molecule has 0 aromatic heterocycles. The van der Waals surface area contributed by atoms with Crippen LogP contribution in [-0.4, -0.2) is 29.1 Å². The minimum Gasteiger partial charge on any atom is -0.492 e. The Morgan fingerprint density at radius 3 is 2.24 bits per heavy atom. The number of hydrogen-bond donors (Lipinski definition) is 1. The number of nitrogens with zero attached hydrogens (tertiary/aromatic N) is 1. The van der Waals surface area contributed by atoms with Crippen LogP contribution >= 0.6 is 0 Å². The van der Waals surface area contributed by atoms with Gasteiger partial charge in [-0.05, 0) is 35.4 Å². The second-order valence-corrected chi connectivity index (χ2v) is 5.16. The Balaban J connectivity index is 1.48. The van der Waals surface area contributed by atoms with Gasteiger partial charge in [-0.25, -0.2) is 4.79 Å². The fourth-order valence-electron chi connectivity index (χ4n) is 2.55. The molecule has 108 valence electrons. The summed E-state index contributed by atoms with van der Waals surface area (Å²) in [4.78, 5) is 13.1. The van der Waals surface area contributed by atoms with Crippen molar-refractivity contribution >= 4 is 5.97 Å². The molecule has 4 nitrogen and oxygen atoms in total. The molecule has 3 rings (SSSR count). The summed E-state index contributed by atoms with van der Waals surface area (Å²) >= 11 is 0. The fraction of sp³-hybridized carbons (Fsp3) is 0.235. The van der Waals surface area contributed by atoms with Crippen LogP contribution in [0.25, 0.3) is 0 Å². The van der Waals surface area contributed by atoms with Gasteiger partial charge in [0.05, 0.1) is 5.56 Å². The zero-order valence-electron chi connectivity index (χ0n) is 11.7. The number of benzene rings is 2. The third-order valence-electron chi connectivity index (χ3n) is 3.68. The smallest absolute Gasteiger partial charge is 0.335 e. The highest BCUT2D eigenvalue weighted by Crippen LogP contribution is 2.21. The maximum absolute atomic E-state index is 10.8. The van der Waals surface area contributed by atoms with E-state index < -0.39 is 5.97 Å². The molecular formula is C17H17NO3. The first-order chi connectivity index (χ1) is 10.2. The van der Waals surface area contributed by atoms with Crippen LogP contribution in [0.3, 0.4) is 0 Å². The van der Waals surface area contributed by atoms with Gasteiger partial charge in [-0.15, -0.1) is 0 Å². The molecule has 1 N–H and O–H groups in total. The van der Waals surface area contributed by atoms with Gasteiger partial charge in [0.2, 0.25) is 0 Å². The minimum absolute atomic E-state index is 0.275. The number of carboxylic acid groups (broad SMARTS) is 1. The lowest BCUT2D eigenvalue weighted by atomic mass is 10.1. The molecule has 2 aromatic carbocycles. The SMILES string of the molecule is O=C(O)c1ccc(OCCN2Cc3ccccc3C2)cc1. The zero-order chi connectivity index (χ0) is 14.7. The number of fused-ring (bicyclic) bond motifs is 1. The standard InChI is InChI=1S/C17H17NO3/c19-17(20)13-5-7-16(8-6-13)21-10-9-18-11-14-3-1-2-4-15(14)12-18/h1-8H,9-12H2,(H,19,20). The van der Waals surface area contributed by atoms with Gasteiger partial charge in [0.1, 0.15) is 12.4 Å². The third kappa shape index (κ3) is 3.23. The van der Waals surface area contributed by atoms with E-state index in [0.29, 0.717) is 12.4 Å². The van der Waals surface area contributed by atoms with Crippen LogP contribution in [0.15, 0.2) is 48.5 Å². The molecule has 0 fully saturated rings. The molecular weight excluding hydrogens is 266 g/mol. The monoisotopic (exact) mass is 283 g/mol. The van der Waals surface area contributed by atoms with Gasteiger partial charge < -0.3 is 9.84 Å². The van der Waals surface area contributed by atoms with Crippen LogP contribution in [0.1, 0.15) is 21.5 Å². The molecule has 21 heavy (non-hydrogen) atoms. The van der Waals surface area contributed by atoms with Gasteiger partial charge >= 0.3 is 5.97 Å². The highest BCUT2D eigenvalue weighted by Gasteiger charge is 2.17. The summed E-state index contributed by atoms with van der Waals surface area (Å²) < 4.78 is 5.67. The second-order valence-electron chi connectivity index (χ2n) is 5.16. The van der Waals surface area contributed by atoms with E-state index >= 15 is 0 Å². The Hall–Kier alpha value is -2.33. The average Bonchev–Trinajstić information content (AvgIpc) is 2.90. The van der Waals surface area contributed by atoms with Crippen LogP contribution in [0.2, 0.25) is 0 Å². The van der Waals surface area contributed by atoms with Crippen molar-refractivity contribution in [2.45, 2.75) is 13.1 Å². The van der Waals surface area contributed by atoms with Crippen molar-refractivity contribution in [2.24, 2.45) is 0 Å². The lowest BCUT2D eigenvalue weighted by Crippen LogP contribution is -2.22. The number of rotatable bonds is 5. The van der Waals surface area contributed by atoms with E-state index in [-0.39, 0.29) is 5.56 Å². The van der Waals surface area contributed by atoms with E-state index in [9.17, 15) is 4.79 Å². The molecule has 0 amide bonds. The predicted octanol–water partition coefficient (Wildman–Crippen LogP) is 2.78. The van der Waals surface area contributed by atoms with E-state index in [2.05, 4.69) is 29.2 Å². The summed E-state index contributed by atoms with van der Waals surface area (Å²) in [6.07, 6.45) is 0. The largest absolute Gasteiger partial charge is 0.492 e. The van der Waals surface area contributed by atoms with Crippen molar-refractivity contribution in [3.8, 4) is 5.75 Å². The van der Waals surface area contributed by atoms with E-state index in [4.69, 9.17) is 9.84 Å². The quantitative estimate of drug-likeness (QED) is 0.916. The Bertz CT molecular complexity index is 612. The average molecular weight is 283 g/mol. The van der Waals surface area contributed by atoms with Crippen molar-refractivity contribution < 1.29 is 14.6 Å². The van der Waals surface area contributed by atoms with Crippen molar-refractivity contribution in [3.05, 3.63) is 65.2 Å². The summed E-state index contributed by atoms with van der Waals surface area (Å²) in [5.41, 5.74) is 3.06. The van der Waals surface area contributed by atoms with E-state index in [0.717, 1.165) is 19.6 Å². The summed E-state index contributed by atoms with van der Waals surface area (Å²) in [7, 11) is 0. The van der Waals surface area contributed by atoms with Crippen LogP contribution in [0.5, 0.6) is 5.75 Å². The molecule has 4 heteroatoms. The molecule has 1 aliphatic heterocycles. The molecule has 0 spiro atoms. The molecule has 0 radical (unpaired) electrons. The number of ether oxygens (including phenoxy) is 1. The van der Waals surface area contributed by atoms with E-state index in [1.165, 1.54) is 11.1 Å². The molecule has 0 saturated heterocycles. The maximum atomic E-state index is 10.8. The molecule has 1 heterocycles. The molecule has 0 unspecified atom stereocenters. The van der Waals surface area contributed by atoms with Crippen LogP contribution in [0, 0.1) is 0 Å². The lowest BCUT2D eigenvalue weighted by molar-refractivity contribution is 0.0697. The highest BCUT2D eigenvalue weighted by molar-refractivity contribution is 5.87. The summed E-state index contributed by atoms with van der Waals surface area (Å²) in [6, 6.07) is 15.0. The summed E-state index contributed by atoms with van der Waals surface area (Å²) in [6.45, 7) is 3.39. The van der Waals surface area contributed by atoms with Crippen molar-refractivity contribution in [1.29, 1.82) is 0 Å². The zero-order valence-corrected chi connectivity index (χ0v) is 11.7. The Kier molecular flexibility index (Phi) is 3.88. The molecule has 0 saturated carbocycles. The fourth-order valence-corrected chi connectivity index (χ4v) is 2.55. The third-order valence-corrected chi connectivity index (χ3v) is 3.68. The topological polar surface area (TPSA) is 49.8 Å². The number of hydrogen-bond acceptors (Lipinski definition) is 3. The maximum Gasteiger partial charge on any atom is 0.335 e.